The quantitative estimate of drug-likeness (QED) is 0.846. The molecule has 1 heterocycles. The molecule has 0 aliphatic carbocycles. The highest BCUT2D eigenvalue weighted by atomic mass is 35.5. The molecule has 1 saturated heterocycles. The number of carboxylic acids is 1. The molecule has 110 valence electrons. The average molecular weight is 297 g/mol. The van der Waals surface area contributed by atoms with E-state index in [9.17, 15) is 9.90 Å². The highest BCUT2D eigenvalue weighted by Gasteiger charge is 2.15. The number of halogens is 1. The summed E-state index contributed by atoms with van der Waals surface area (Å²) in [7, 11) is 0. The topological polar surface area (TPSA) is 52.6 Å². The van der Waals surface area contributed by atoms with Crippen LogP contribution in [0, 0.1) is 5.92 Å². The zero-order chi connectivity index (χ0) is 14.5. The number of nitrogens with one attached hydrogen (secondary N) is 1. The van der Waals surface area contributed by atoms with Gasteiger partial charge in [0.1, 0.15) is 0 Å². The molecule has 20 heavy (non-hydrogen) atoms. The van der Waals surface area contributed by atoms with Gasteiger partial charge in [0.25, 0.3) is 0 Å². The predicted molar refractivity (Wildman–Crippen MR) is 81.7 cm³/mol. The number of carboxylic acid groups (broad SMARTS) is 1. The summed E-state index contributed by atoms with van der Waals surface area (Å²) in [5.74, 6) is -0.479. The summed E-state index contributed by atoms with van der Waals surface area (Å²) in [6.45, 7) is 6.38. The monoisotopic (exact) mass is 296 g/mol. The smallest absolute Gasteiger partial charge is 0.337 e. The van der Waals surface area contributed by atoms with E-state index in [-0.39, 0.29) is 5.56 Å². The van der Waals surface area contributed by atoms with E-state index < -0.39 is 5.97 Å². The lowest BCUT2D eigenvalue weighted by Crippen LogP contribution is -2.29. The lowest BCUT2D eigenvalue weighted by atomic mass is 10.1. The average Bonchev–Trinajstić information content (AvgIpc) is 2.90. The molecule has 1 aromatic carbocycles. The van der Waals surface area contributed by atoms with Gasteiger partial charge in [-0.15, -0.1) is 0 Å². The Kier molecular flexibility index (Phi) is 5.26. The van der Waals surface area contributed by atoms with Crippen LogP contribution in [-0.2, 0) is 0 Å². The molecule has 1 aliphatic heterocycles. The summed E-state index contributed by atoms with van der Waals surface area (Å²) < 4.78 is 0. The highest BCUT2D eigenvalue weighted by Crippen LogP contribution is 2.21. The minimum atomic E-state index is -0.956. The normalized spacial score (nSPS) is 17.1. The van der Waals surface area contributed by atoms with Gasteiger partial charge in [-0.2, -0.15) is 0 Å². The van der Waals surface area contributed by atoms with Crippen LogP contribution in [0.4, 0.5) is 5.69 Å². The maximum atomic E-state index is 11.2. The molecule has 0 spiro atoms. The molecule has 2 N–H and O–H groups in total. The molecule has 0 radical (unpaired) electrons. The summed E-state index contributed by atoms with van der Waals surface area (Å²) in [4.78, 5) is 13.7. The van der Waals surface area contributed by atoms with Gasteiger partial charge in [0.05, 0.1) is 5.56 Å². The number of carbonyl (C=O) groups is 1. The Hall–Kier alpha value is -1.26. The number of likely N-dealkylation sites (tertiary alicyclic amines) is 1. The fourth-order valence-corrected chi connectivity index (χ4v) is 2.77. The van der Waals surface area contributed by atoms with E-state index in [0.717, 1.165) is 13.1 Å². The number of hydrogen-bond acceptors (Lipinski definition) is 3. The lowest BCUT2D eigenvalue weighted by molar-refractivity contribution is 0.0698. The van der Waals surface area contributed by atoms with E-state index in [1.807, 2.05) is 0 Å². The van der Waals surface area contributed by atoms with Gasteiger partial charge in [-0.25, -0.2) is 4.79 Å². The SMILES string of the molecule is CC(CNc1ccc(Cl)cc1C(=O)O)CN1CCCC1. The van der Waals surface area contributed by atoms with Gasteiger partial charge in [0, 0.05) is 23.8 Å². The minimum Gasteiger partial charge on any atom is -0.478 e. The van der Waals surface area contributed by atoms with Crippen LogP contribution in [0.1, 0.15) is 30.1 Å². The Labute approximate surface area is 124 Å². The Balaban J connectivity index is 1.91. The Morgan fingerprint density at radius 1 is 1.45 bits per heavy atom. The van der Waals surface area contributed by atoms with Crippen LogP contribution in [0.2, 0.25) is 5.02 Å². The van der Waals surface area contributed by atoms with Crippen LogP contribution in [0.25, 0.3) is 0 Å². The van der Waals surface area contributed by atoms with Gasteiger partial charge in [0.2, 0.25) is 0 Å². The molecule has 1 atom stereocenters. The fraction of sp³-hybridized carbons (Fsp3) is 0.533. The first kappa shape index (κ1) is 15.1. The molecule has 0 saturated carbocycles. The van der Waals surface area contributed by atoms with Crippen LogP contribution in [0.15, 0.2) is 18.2 Å². The number of nitrogens with zero attached hydrogens (tertiary/aromatic N) is 1. The minimum absolute atomic E-state index is 0.228. The second-order valence-electron chi connectivity index (χ2n) is 5.49. The van der Waals surface area contributed by atoms with Crippen molar-refractivity contribution in [1.29, 1.82) is 0 Å². The van der Waals surface area contributed by atoms with E-state index in [0.29, 0.717) is 16.6 Å². The van der Waals surface area contributed by atoms with E-state index in [1.165, 1.54) is 32.0 Å². The van der Waals surface area contributed by atoms with Crippen molar-refractivity contribution in [1.82, 2.24) is 4.90 Å². The van der Waals surface area contributed by atoms with Gasteiger partial charge in [-0.1, -0.05) is 18.5 Å². The van der Waals surface area contributed by atoms with E-state index in [1.54, 1.807) is 12.1 Å². The lowest BCUT2D eigenvalue weighted by Gasteiger charge is -2.21. The Morgan fingerprint density at radius 3 is 2.80 bits per heavy atom. The molecule has 0 aromatic heterocycles. The molecule has 1 aliphatic rings. The van der Waals surface area contributed by atoms with Crippen molar-refractivity contribution < 1.29 is 9.90 Å². The molecular formula is C15H21ClN2O2. The molecule has 1 aromatic rings. The Bertz CT molecular complexity index is 473. The van der Waals surface area contributed by atoms with Crippen LogP contribution in [0.3, 0.4) is 0 Å². The zero-order valence-electron chi connectivity index (χ0n) is 11.7. The van der Waals surface area contributed by atoms with E-state index in [2.05, 4.69) is 17.1 Å². The van der Waals surface area contributed by atoms with Crippen molar-refractivity contribution in [3.63, 3.8) is 0 Å². The van der Waals surface area contributed by atoms with Crippen molar-refractivity contribution in [2.24, 2.45) is 5.92 Å². The first-order valence-electron chi connectivity index (χ1n) is 7.05. The van der Waals surface area contributed by atoms with Gasteiger partial charge >= 0.3 is 5.97 Å². The molecule has 4 nitrogen and oxygen atoms in total. The second-order valence-corrected chi connectivity index (χ2v) is 5.93. The summed E-state index contributed by atoms with van der Waals surface area (Å²) >= 11 is 5.84. The largest absolute Gasteiger partial charge is 0.478 e. The van der Waals surface area contributed by atoms with Gasteiger partial charge < -0.3 is 15.3 Å². The van der Waals surface area contributed by atoms with E-state index in [4.69, 9.17) is 11.6 Å². The maximum Gasteiger partial charge on any atom is 0.337 e. The zero-order valence-corrected chi connectivity index (χ0v) is 12.5. The second kappa shape index (κ2) is 6.95. The van der Waals surface area contributed by atoms with Crippen molar-refractivity contribution in [2.45, 2.75) is 19.8 Å². The van der Waals surface area contributed by atoms with Gasteiger partial charge in [-0.3, -0.25) is 0 Å². The van der Waals surface area contributed by atoms with Crippen LogP contribution < -0.4 is 5.32 Å². The standard InChI is InChI=1S/C15H21ClN2O2/c1-11(10-18-6-2-3-7-18)9-17-14-5-4-12(16)8-13(14)15(19)20/h4-5,8,11,17H,2-3,6-7,9-10H2,1H3,(H,19,20). The van der Waals surface area contributed by atoms with Crippen molar-refractivity contribution in [3.05, 3.63) is 28.8 Å². The number of anilines is 1. The molecule has 2 rings (SSSR count). The highest BCUT2D eigenvalue weighted by molar-refractivity contribution is 6.31. The van der Waals surface area contributed by atoms with Crippen LogP contribution in [-0.4, -0.2) is 42.2 Å². The predicted octanol–water partition coefficient (Wildman–Crippen LogP) is 3.18. The fourth-order valence-electron chi connectivity index (χ4n) is 2.60. The third-order valence-corrected chi connectivity index (χ3v) is 3.86. The van der Waals surface area contributed by atoms with Crippen LogP contribution in [0.5, 0.6) is 0 Å². The number of benzene rings is 1. The summed E-state index contributed by atoms with van der Waals surface area (Å²) in [6, 6.07) is 4.92. The van der Waals surface area contributed by atoms with Gasteiger partial charge in [-0.05, 0) is 50.0 Å². The molecule has 5 heteroatoms. The van der Waals surface area contributed by atoms with Crippen molar-refractivity contribution >= 4 is 23.3 Å². The third-order valence-electron chi connectivity index (χ3n) is 3.62. The summed E-state index contributed by atoms with van der Waals surface area (Å²) in [6.07, 6.45) is 2.58. The first-order valence-corrected chi connectivity index (χ1v) is 7.43. The van der Waals surface area contributed by atoms with E-state index >= 15 is 0 Å². The summed E-state index contributed by atoms with van der Waals surface area (Å²) in [5, 5.41) is 12.9. The number of hydrogen-bond donors (Lipinski definition) is 2. The molecule has 1 fully saturated rings. The molecule has 0 bridgehead atoms. The Morgan fingerprint density at radius 2 is 2.15 bits per heavy atom. The number of rotatable bonds is 6. The molecule has 0 amide bonds. The van der Waals surface area contributed by atoms with Crippen LogP contribution >= 0.6 is 11.6 Å². The van der Waals surface area contributed by atoms with Crippen molar-refractivity contribution in [3.8, 4) is 0 Å². The summed E-state index contributed by atoms with van der Waals surface area (Å²) in [5.41, 5.74) is 0.862. The third kappa shape index (κ3) is 4.12. The van der Waals surface area contributed by atoms with Gasteiger partial charge in [0.15, 0.2) is 0 Å². The number of aromatic carboxylic acids is 1. The molecule has 1 unspecified atom stereocenters. The maximum absolute atomic E-state index is 11.2. The first-order chi connectivity index (χ1) is 9.56. The van der Waals surface area contributed by atoms with Crippen molar-refractivity contribution in [2.75, 3.05) is 31.5 Å². The molecular weight excluding hydrogens is 276 g/mol.